The van der Waals surface area contributed by atoms with Crippen molar-refractivity contribution in [2.45, 2.75) is 51.4 Å². The molecule has 0 radical (unpaired) electrons. The summed E-state index contributed by atoms with van der Waals surface area (Å²) in [6.45, 7) is 2.60. The van der Waals surface area contributed by atoms with Crippen molar-refractivity contribution >= 4 is 0 Å². The van der Waals surface area contributed by atoms with Crippen molar-refractivity contribution in [1.82, 2.24) is 0 Å². The molecule has 0 aromatic rings. The van der Waals surface area contributed by atoms with Crippen LogP contribution in [0.4, 0.5) is 8.78 Å². The van der Waals surface area contributed by atoms with Crippen LogP contribution in [0.15, 0.2) is 12.2 Å². The molecule has 0 amide bonds. The SMILES string of the molecule is CCC/C=C/C1(CN)CCC(F)(F)CC1. The maximum absolute atomic E-state index is 13.0. The van der Waals surface area contributed by atoms with E-state index < -0.39 is 5.92 Å². The Morgan fingerprint density at radius 1 is 1.20 bits per heavy atom. The lowest BCUT2D eigenvalue weighted by Crippen LogP contribution is -2.37. The average Bonchev–Trinajstić information content (AvgIpc) is 2.22. The van der Waals surface area contributed by atoms with E-state index in [0.29, 0.717) is 19.4 Å². The number of rotatable bonds is 4. The predicted molar refractivity (Wildman–Crippen MR) is 59.0 cm³/mol. The molecule has 0 aliphatic heterocycles. The van der Waals surface area contributed by atoms with Gasteiger partial charge in [-0.2, -0.15) is 0 Å². The minimum Gasteiger partial charge on any atom is -0.330 e. The van der Waals surface area contributed by atoms with Gasteiger partial charge in [0.1, 0.15) is 0 Å². The maximum atomic E-state index is 13.0. The van der Waals surface area contributed by atoms with Gasteiger partial charge in [-0.1, -0.05) is 25.5 Å². The first-order valence-corrected chi connectivity index (χ1v) is 5.79. The highest BCUT2D eigenvalue weighted by atomic mass is 19.3. The third kappa shape index (κ3) is 3.56. The molecule has 0 bridgehead atoms. The summed E-state index contributed by atoms with van der Waals surface area (Å²) in [5.41, 5.74) is 5.56. The summed E-state index contributed by atoms with van der Waals surface area (Å²) >= 11 is 0. The molecule has 0 unspecified atom stereocenters. The van der Waals surface area contributed by atoms with Gasteiger partial charge >= 0.3 is 0 Å². The van der Waals surface area contributed by atoms with Crippen molar-refractivity contribution in [3.63, 3.8) is 0 Å². The number of allylic oxidation sites excluding steroid dienone is 1. The van der Waals surface area contributed by atoms with Gasteiger partial charge < -0.3 is 5.73 Å². The Hall–Kier alpha value is -0.440. The summed E-state index contributed by atoms with van der Waals surface area (Å²) < 4.78 is 26.0. The Bertz CT molecular complexity index is 214. The molecule has 1 aliphatic carbocycles. The van der Waals surface area contributed by atoms with E-state index in [9.17, 15) is 8.78 Å². The van der Waals surface area contributed by atoms with E-state index in [2.05, 4.69) is 19.1 Å². The van der Waals surface area contributed by atoms with Crippen molar-refractivity contribution < 1.29 is 8.78 Å². The zero-order valence-corrected chi connectivity index (χ0v) is 9.44. The summed E-state index contributed by atoms with van der Waals surface area (Å²) in [5, 5.41) is 0. The van der Waals surface area contributed by atoms with Crippen molar-refractivity contribution in [1.29, 1.82) is 0 Å². The van der Waals surface area contributed by atoms with E-state index >= 15 is 0 Å². The largest absolute Gasteiger partial charge is 0.330 e. The monoisotopic (exact) mass is 217 g/mol. The Labute approximate surface area is 90.7 Å². The van der Waals surface area contributed by atoms with Gasteiger partial charge in [-0.3, -0.25) is 0 Å². The van der Waals surface area contributed by atoms with E-state index in [4.69, 9.17) is 5.73 Å². The van der Waals surface area contributed by atoms with Gasteiger partial charge in [0.25, 0.3) is 0 Å². The Kier molecular flexibility index (Phi) is 4.26. The lowest BCUT2D eigenvalue weighted by molar-refractivity contribution is -0.0562. The van der Waals surface area contributed by atoms with Gasteiger partial charge in [-0.05, 0) is 19.3 Å². The van der Waals surface area contributed by atoms with Gasteiger partial charge in [0.2, 0.25) is 5.92 Å². The molecule has 2 N–H and O–H groups in total. The molecule has 0 aromatic heterocycles. The highest BCUT2D eigenvalue weighted by Crippen LogP contribution is 2.43. The predicted octanol–water partition coefficient (Wildman–Crippen LogP) is 3.50. The Morgan fingerprint density at radius 2 is 1.80 bits per heavy atom. The summed E-state index contributed by atoms with van der Waals surface area (Å²) in [7, 11) is 0. The minimum absolute atomic E-state index is 0.0132. The van der Waals surface area contributed by atoms with E-state index in [0.717, 1.165) is 12.8 Å². The van der Waals surface area contributed by atoms with Gasteiger partial charge in [-0.25, -0.2) is 8.78 Å². The number of hydrogen-bond acceptors (Lipinski definition) is 1. The number of hydrogen-bond donors (Lipinski definition) is 1. The second kappa shape index (κ2) is 5.06. The minimum atomic E-state index is -2.46. The molecule has 0 atom stereocenters. The molecular formula is C12H21F2N. The molecule has 1 fully saturated rings. The standard InChI is InChI=1S/C12H21F2N/c1-2-3-4-5-11(10-15)6-8-12(13,14)9-7-11/h4-5H,2-3,6-10,15H2,1H3/b5-4+. The van der Waals surface area contributed by atoms with Gasteiger partial charge in [0, 0.05) is 24.8 Å². The molecule has 0 aromatic carbocycles. The van der Waals surface area contributed by atoms with Crippen LogP contribution in [-0.2, 0) is 0 Å². The van der Waals surface area contributed by atoms with E-state index in [1.165, 1.54) is 0 Å². The lowest BCUT2D eigenvalue weighted by Gasteiger charge is -2.37. The summed E-state index contributed by atoms with van der Waals surface area (Å²) in [4.78, 5) is 0. The van der Waals surface area contributed by atoms with Crippen LogP contribution >= 0.6 is 0 Å². The molecule has 1 nitrogen and oxygen atoms in total. The van der Waals surface area contributed by atoms with Crippen LogP contribution in [0.3, 0.4) is 0 Å². The number of nitrogens with two attached hydrogens (primary N) is 1. The van der Waals surface area contributed by atoms with Crippen molar-refractivity contribution in [3.05, 3.63) is 12.2 Å². The smallest absolute Gasteiger partial charge is 0.248 e. The highest BCUT2D eigenvalue weighted by Gasteiger charge is 2.41. The maximum Gasteiger partial charge on any atom is 0.248 e. The first kappa shape index (κ1) is 12.6. The highest BCUT2D eigenvalue weighted by molar-refractivity contribution is 5.04. The number of halogens is 2. The van der Waals surface area contributed by atoms with Crippen LogP contribution in [-0.4, -0.2) is 12.5 Å². The number of alkyl halides is 2. The zero-order valence-electron chi connectivity index (χ0n) is 9.44. The molecule has 3 heteroatoms. The zero-order chi connectivity index (χ0) is 11.4. The lowest BCUT2D eigenvalue weighted by atomic mass is 9.72. The van der Waals surface area contributed by atoms with Crippen molar-refractivity contribution in [2.24, 2.45) is 11.1 Å². The molecule has 15 heavy (non-hydrogen) atoms. The average molecular weight is 217 g/mol. The van der Waals surface area contributed by atoms with Crippen LogP contribution < -0.4 is 5.73 Å². The molecule has 1 aliphatic rings. The third-order valence-electron chi connectivity index (χ3n) is 3.31. The normalized spacial score (nSPS) is 24.5. The fraction of sp³-hybridized carbons (Fsp3) is 0.833. The quantitative estimate of drug-likeness (QED) is 0.717. The van der Waals surface area contributed by atoms with Gasteiger partial charge in [-0.15, -0.1) is 0 Å². The van der Waals surface area contributed by atoms with E-state index in [1.54, 1.807) is 0 Å². The molecule has 0 spiro atoms. The van der Waals surface area contributed by atoms with Crippen LogP contribution in [0.25, 0.3) is 0 Å². The summed E-state index contributed by atoms with van der Waals surface area (Å²) in [6.07, 6.45) is 7.29. The van der Waals surface area contributed by atoms with Crippen LogP contribution in [0.5, 0.6) is 0 Å². The fourth-order valence-electron chi connectivity index (χ4n) is 2.05. The van der Waals surface area contributed by atoms with Crippen LogP contribution in [0.1, 0.15) is 45.4 Å². The molecule has 1 rings (SSSR count). The Balaban J connectivity index is 2.56. The van der Waals surface area contributed by atoms with E-state index in [1.807, 2.05) is 0 Å². The van der Waals surface area contributed by atoms with Crippen LogP contribution in [0, 0.1) is 5.41 Å². The van der Waals surface area contributed by atoms with Gasteiger partial charge in [0.15, 0.2) is 0 Å². The first-order valence-electron chi connectivity index (χ1n) is 5.79. The first-order chi connectivity index (χ1) is 7.04. The molecule has 0 heterocycles. The molecular weight excluding hydrogens is 196 g/mol. The summed E-state index contributed by atoms with van der Waals surface area (Å²) in [6, 6.07) is 0. The van der Waals surface area contributed by atoms with Crippen molar-refractivity contribution in [2.75, 3.05) is 6.54 Å². The topological polar surface area (TPSA) is 26.0 Å². The van der Waals surface area contributed by atoms with Crippen molar-refractivity contribution in [3.8, 4) is 0 Å². The second-order valence-electron chi connectivity index (χ2n) is 4.61. The molecule has 88 valence electrons. The van der Waals surface area contributed by atoms with Gasteiger partial charge in [0.05, 0.1) is 0 Å². The second-order valence-corrected chi connectivity index (χ2v) is 4.61. The molecule has 0 saturated heterocycles. The van der Waals surface area contributed by atoms with Crippen LogP contribution in [0.2, 0.25) is 0 Å². The summed E-state index contributed by atoms with van der Waals surface area (Å²) in [5.74, 6) is -2.46. The van der Waals surface area contributed by atoms with E-state index in [-0.39, 0.29) is 18.3 Å². The third-order valence-corrected chi connectivity index (χ3v) is 3.31. The Morgan fingerprint density at radius 3 is 2.27 bits per heavy atom. The number of unbranched alkanes of at least 4 members (excludes halogenated alkanes) is 1. The molecule has 1 saturated carbocycles. The fourth-order valence-corrected chi connectivity index (χ4v) is 2.05.